The van der Waals surface area contributed by atoms with Crippen LogP contribution in [0.25, 0.3) is 0 Å². The number of aromatic nitrogens is 2. The van der Waals surface area contributed by atoms with E-state index >= 15 is 0 Å². The van der Waals surface area contributed by atoms with E-state index in [2.05, 4.69) is 41.8 Å². The second kappa shape index (κ2) is 6.34. The summed E-state index contributed by atoms with van der Waals surface area (Å²) in [4.78, 5) is 4.47. The van der Waals surface area contributed by atoms with Crippen LogP contribution >= 0.6 is 0 Å². The maximum absolute atomic E-state index is 6.00. The van der Waals surface area contributed by atoms with Crippen LogP contribution in [0, 0.1) is 0 Å². The third kappa shape index (κ3) is 3.12. The van der Waals surface area contributed by atoms with Crippen LogP contribution in [0.2, 0.25) is 0 Å². The normalized spacial score (nSPS) is 25.5. The molecule has 0 saturated carbocycles. The summed E-state index contributed by atoms with van der Waals surface area (Å²) in [6, 6.07) is 0.382. The molecule has 0 amide bonds. The summed E-state index contributed by atoms with van der Waals surface area (Å²) >= 11 is 0. The van der Waals surface area contributed by atoms with Crippen LogP contribution in [-0.4, -0.2) is 34.3 Å². The van der Waals surface area contributed by atoms with Crippen molar-refractivity contribution in [2.24, 2.45) is 0 Å². The second-order valence-electron chi connectivity index (χ2n) is 5.06. The number of nitrogens with one attached hydrogen (secondary N) is 1. The van der Waals surface area contributed by atoms with Crippen LogP contribution in [0.15, 0.2) is 12.4 Å². The molecule has 102 valence electrons. The standard InChI is InChI=1S/C14H25N3O/c1-4-15-12(13-7-6-11(3)18-13)10-14-16-8-9-17(14)5-2/h8-9,11-13,15H,4-7,10H2,1-3H3. The zero-order valence-electron chi connectivity index (χ0n) is 11.7. The summed E-state index contributed by atoms with van der Waals surface area (Å²) in [7, 11) is 0. The van der Waals surface area contributed by atoms with E-state index in [4.69, 9.17) is 4.74 Å². The van der Waals surface area contributed by atoms with Gasteiger partial charge in [0.1, 0.15) is 5.82 Å². The van der Waals surface area contributed by atoms with Gasteiger partial charge in [-0.3, -0.25) is 0 Å². The number of aryl methyl sites for hydroxylation is 1. The lowest BCUT2D eigenvalue weighted by Crippen LogP contribution is -2.42. The van der Waals surface area contributed by atoms with E-state index in [1.165, 1.54) is 6.42 Å². The van der Waals surface area contributed by atoms with Gasteiger partial charge in [0, 0.05) is 31.4 Å². The Morgan fingerprint density at radius 3 is 2.94 bits per heavy atom. The Bertz CT molecular complexity index is 364. The van der Waals surface area contributed by atoms with Crippen molar-refractivity contribution >= 4 is 0 Å². The molecule has 0 aliphatic carbocycles. The summed E-state index contributed by atoms with van der Waals surface area (Å²) < 4.78 is 8.21. The van der Waals surface area contributed by atoms with Crippen LogP contribution in [0.5, 0.6) is 0 Å². The van der Waals surface area contributed by atoms with Gasteiger partial charge in [-0.1, -0.05) is 6.92 Å². The largest absolute Gasteiger partial charge is 0.374 e. The van der Waals surface area contributed by atoms with Crippen molar-refractivity contribution in [3.63, 3.8) is 0 Å². The molecular weight excluding hydrogens is 226 g/mol. The van der Waals surface area contributed by atoms with Gasteiger partial charge in [-0.2, -0.15) is 0 Å². The lowest BCUT2D eigenvalue weighted by molar-refractivity contribution is 0.0318. The quantitative estimate of drug-likeness (QED) is 0.840. The van der Waals surface area contributed by atoms with Crippen molar-refractivity contribution in [2.45, 2.75) is 64.8 Å². The van der Waals surface area contributed by atoms with E-state index in [0.717, 1.165) is 31.8 Å². The smallest absolute Gasteiger partial charge is 0.110 e. The predicted molar refractivity (Wildman–Crippen MR) is 72.6 cm³/mol. The summed E-state index contributed by atoms with van der Waals surface area (Å²) in [6.07, 6.45) is 7.96. The summed E-state index contributed by atoms with van der Waals surface area (Å²) in [5, 5.41) is 3.56. The first-order valence-corrected chi connectivity index (χ1v) is 7.13. The van der Waals surface area contributed by atoms with Gasteiger partial charge in [-0.25, -0.2) is 4.98 Å². The minimum absolute atomic E-state index is 0.335. The van der Waals surface area contributed by atoms with E-state index in [-0.39, 0.29) is 0 Å². The average molecular weight is 251 g/mol. The molecule has 1 fully saturated rings. The highest BCUT2D eigenvalue weighted by molar-refractivity contribution is 4.98. The van der Waals surface area contributed by atoms with Crippen molar-refractivity contribution in [2.75, 3.05) is 6.54 Å². The van der Waals surface area contributed by atoms with E-state index in [9.17, 15) is 0 Å². The Hall–Kier alpha value is -0.870. The molecule has 1 aromatic rings. The lowest BCUT2D eigenvalue weighted by atomic mass is 10.0. The van der Waals surface area contributed by atoms with Gasteiger partial charge >= 0.3 is 0 Å². The van der Waals surface area contributed by atoms with E-state index < -0.39 is 0 Å². The molecule has 0 aromatic carbocycles. The Kier molecular flexibility index (Phi) is 4.78. The molecule has 2 rings (SSSR count). The van der Waals surface area contributed by atoms with Crippen LogP contribution in [0.3, 0.4) is 0 Å². The molecule has 0 bridgehead atoms. The predicted octanol–water partition coefficient (Wildman–Crippen LogP) is 1.99. The molecule has 0 radical (unpaired) electrons. The van der Waals surface area contributed by atoms with Crippen molar-refractivity contribution in [3.8, 4) is 0 Å². The minimum Gasteiger partial charge on any atom is -0.374 e. The van der Waals surface area contributed by atoms with Gasteiger partial charge < -0.3 is 14.6 Å². The highest BCUT2D eigenvalue weighted by atomic mass is 16.5. The number of likely N-dealkylation sites (N-methyl/N-ethyl adjacent to an activating group) is 1. The third-order valence-corrected chi connectivity index (χ3v) is 3.72. The number of nitrogens with zero attached hydrogens (tertiary/aromatic N) is 2. The van der Waals surface area contributed by atoms with Crippen LogP contribution < -0.4 is 5.32 Å². The molecule has 4 nitrogen and oxygen atoms in total. The maximum Gasteiger partial charge on any atom is 0.110 e. The SMILES string of the molecule is CCNC(Cc1nccn1CC)C1CCC(C)O1. The molecule has 4 heteroatoms. The van der Waals surface area contributed by atoms with E-state index in [1.807, 2.05) is 6.20 Å². The van der Waals surface area contributed by atoms with Gasteiger partial charge in [-0.15, -0.1) is 0 Å². The molecule has 1 saturated heterocycles. The number of ether oxygens (including phenoxy) is 1. The van der Waals surface area contributed by atoms with Crippen LogP contribution in [-0.2, 0) is 17.7 Å². The van der Waals surface area contributed by atoms with Gasteiger partial charge in [0.05, 0.1) is 12.2 Å². The molecule has 3 unspecified atom stereocenters. The summed E-state index contributed by atoms with van der Waals surface area (Å²) in [5.74, 6) is 1.16. The second-order valence-corrected chi connectivity index (χ2v) is 5.06. The minimum atomic E-state index is 0.335. The van der Waals surface area contributed by atoms with E-state index in [0.29, 0.717) is 18.2 Å². The molecule has 1 aromatic heterocycles. The molecule has 1 N–H and O–H groups in total. The fraction of sp³-hybridized carbons (Fsp3) is 0.786. The number of hydrogen-bond acceptors (Lipinski definition) is 3. The first-order chi connectivity index (χ1) is 8.74. The Labute approximate surface area is 110 Å². The van der Waals surface area contributed by atoms with E-state index in [1.54, 1.807) is 0 Å². The third-order valence-electron chi connectivity index (χ3n) is 3.72. The molecule has 2 heterocycles. The molecule has 1 aliphatic heterocycles. The zero-order chi connectivity index (χ0) is 13.0. The number of hydrogen-bond donors (Lipinski definition) is 1. The van der Waals surface area contributed by atoms with Crippen molar-refractivity contribution in [3.05, 3.63) is 18.2 Å². The zero-order valence-corrected chi connectivity index (χ0v) is 11.7. The topological polar surface area (TPSA) is 39.1 Å². The molecule has 0 spiro atoms. The first kappa shape index (κ1) is 13.6. The highest BCUT2D eigenvalue weighted by Crippen LogP contribution is 2.23. The van der Waals surface area contributed by atoms with Crippen molar-refractivity contribution in [1.29, 1.82) is 0 Å². The van der Waals surface area contributed by atoms with Crippen molar-refractivity contribution < 1.29 is 4.74 Å². The fourth-order valence-electron chi connectivity index (χ4n) is 2.74. The molecular formula is C14H25N3O. The Morgan fingerprint density at radius 1 is 1.50 bits per heavy atom. The summed E-state index contributed by atoms with van der Waals surface area (Å²) in [6.45, 7) is 8.43. The van der Waals surface area contributed by atoms with Crippen LogP contribution in [0.1, 0.15) is 39.4 Å². The Morgan fingerprint density at radius 2 is 2.33 bits per heavy atom. The van der Waals surface area contributed by atoms with Gasteiger partial charge in [0.2, 0.25) is 0 Å². The summed E-state index contributed by atoms with van der Waals surface area (Å²) in [5.41, 5.74) is 0. The number of imidazole rings is 1. The molecule has 1 aliphatic rings. The van der Waals surface area contributed by atoms with Crippen molar-refractivity contribution in [1.82, 2.24) is 14.9 Å². The average Bonchev–Trinajstić information content (AvgIpc) is 2.97. The fourth-order valence-corrected chi connectivity index (χ4v) is 2.74. The Balaban J connectivity index is 2.01. The van der Waals surface area contributed by atoms with Gasteiger partial charge in [0.15, 0.2) is 0 Å². The number of rotatable bonds is 6. The van der Waals surface area contributed by atoms with Crippen LogP contribution in [0.4, 0.5) is 0 Å². The molecule has 18 heavy (non-hydrogen) atoms. The van der Waals surface area contributed by atoms with Gasteiger partial charge in [0.25, 0.3) is 0 Å². The molecule has 3 atom stereocenters. The van der Waals surface area contributed by atoms with Gasteiger partial charge in [-0.05, 0) is 33.2 Å². The lowest BCUT2D eigenvalue weighted by Gasteiger charge is -2.24. The monoisotopic (exact) mass is 251 g/mol. The maximum atomic E-state index is 6.00. The first-order valence-electron chi connectivity index (χ1n) is 7.13. The highest BCUT2D eigenvalue weighted by Gasteiger charge is 2.29.